The summed E-state index contributed by atoms with van der Waals surface area (Å²) in [7, 11) is -2.87. The van der Waals surface area contributed by atoms with Gasteiger partial charge >= 0.3 is 0 Å². The molecular weight excluding hydrogens is 246 g/mol. The lowest BCUT2D eigenvalue weighted by Gasteiger charge is -2.32. The number of fused-ring (bicyclic) bond motifs is 1. The molecule has 0 aliphatic heterocycles. The highest BCUT2D eigenvalue weighted by Crippen LogP contribution is 2.60. The van der Waals surface area contributed by atoms with E-state index in [1.54, 1.807) is 0 Å². The number of hydrogen-bond acceptors (Lipinski definition) is 3. The van der Waals surface area contributed by atoms with E-state index in [0.29, 0.717) is 5.92 Å². The lowest BCUT2D eigenvalue weighted by atomic mass is 9.81. The van der Waals surface area contributed by atoms with Gasteiger partial charge in [-0.3, -0.25) is 0 Å². The van der Waals surface area contributed by atoms with Crippen LogP contribution in [0.3, 0.4) is 0 Å². The molecule has 3 aliphatic carbocycles. The summed E-state index contributed by atoms with van der Waals surface area (Å²) in [6.07, 6.45) is 9.35. The molecule has 18 heavy (non-hydrogen) atoms. The number of nitrogens with two attached hydrogens (primary N) is 1. The minimum Gasteiger partial charge on any atom is -0.327 e. The van der Waals surface area contributed by atoms with Crippen molar-refractivity contribution in [3.05, 3.63) is 0 Å². The third kappa shape index (κ3) is 2.22. The Morgan fingerprint density at radius 1 is 1.06 bits per heavy atom. The van der Waals surface area contributed by atoms with Gasteiger partial charge in [-0.15, -0.1) is 0 Å². The van der Waals surface area contributed by atoms with Gasteiger partial charge in [-0.1, -0.05) is 12.8 Å². The Bertz CT molecular complexity index is 410. The van der Waals surface area contributed by atoms with Crippen LogP contribution in [0.1, 0.15) is 44.9 Å². The molecule has 5 unspecified atom stereocenters. The van der Waals surface area contributed by atoms with E-state index < -0.39 is 9.84 Å². The van der Waals surface area contributed by atoms with Crippen molar-refractivity contribution >= 4 is 9.84 Å². The normalized spacial score (nSPS) is 45.6. The molecule has 2 N–H and O–H groups in total. The Morgan fingerprint density at radius 3 is 2.28 bits per heavy atom. The molecular formula is C14H25NO2S. The van der Waals surface area contributed by atoms with Gasteiger partial charge in [0.1, 0.15) is 9.84 Å². The summed E-state index contributed by atoms with van der Waals surface area (Å²) in [6.45, 7) is 0. The van der Waals surface area contributed by atoms with Gasteiger partial charge in [0, 0.05) is 12.3 Å². The third-order valence-electron chi connectivity index (χ3n) is 5.73. The van der Waals surface area contributed by atoms with Crippen LogP contribution in [0.15, 0.2) is 0 Å². The Labute approximate surface area is 110 Å². The van der Waals surface area contributed by atoms with Crippen molar-refractivity contribution in [2.45, 2.75) is 56.2 Å². The zero-order valence-corrected chi connectivity index (χ0v) is 12.0. The van der Waals surface area contributed by atoms with Crippen LogP contribution in [0.2, 0.25) is 0 Å². The number of sulfone groups is 1. The zero-order chi connectivity index (χ0) is 12.9. The summed E-state index contributed by atoms with van der Waals surface area (Å²) in [5.41, 5.74) is 6.45. The second-order valence-corrected chi connectivity index (χ2v) is 9.12. The smallest absolute Gasteiger partial charge is 0.150 e. The first-order valence-electron chi connectivity index (χ1n) is 7.43. The van der Waals surface area contributed by atoms with Gasteiger partial charge in [-0.05, 0) is 55.8 Å². The quantitative estimate of drug-likeness (QED) is 0.853. The van der Waals surface area contributed by atoms with Crippen LogP contribution in [-0.2, 0) is 9.84 Å². The monoisotopic (exact) mass is 271 g/mol. The molecule has 0 bridgehead atoms. The van der Waals surface area contributed by atoms with Crippen LogP contribution in [0, 0.1) is 23.7 Å². The molecule has 5 atom stereocenters. The van der Waals surface area contributed by atoms with Crippen molar-refractivity contribution in [2.24, 2.45) is 29.4 Å². The first kappa shape index (κ1) is 12.9. The Hall–Kier alpha value is -0.0900. The van der Waals surface area contributed by atoms with Crippen molar-refractivity contribution in [1.29, 1.82) is 0 Å². The topological polar surface area (TPSA) is 60.2 Å². The van der Waals surface area contributed by atoms with Gasteiger partial charge in [0.05, 0.1) is 5.25 Å². The van der Waals surface area contributed by atoms with Crippen LogP contribution >= 0.6 is 0 Å². The van der Waals surface area contributed by atoms with Crippen molar-refractivity contribution in [2.75, 3.05) is 6.26 Å². The summed E-state index contributed by atoms with van der Waals surface area (Å²) >= 11 is 0. The van der Waals surface area contributed by atoms with E-state index in [-0.39, 0.29) is 11.3 Å². The molecule has 0 aromatic rings. The van der Waals surface area contributed by atoms with E-state index in [1.807, 2.05) is 0 Å². The highest BCUT2D eigenvalue weighted by atomic mass is 32.2. The Morgan fingerprint density at radius 2 is 1.67 bits per heavy atom. The fraction of sp³-hybridized carbons (Fsp3) is 1.00. The number of hydrogen-bond donors (Lipinski definition) is 1. The maximum Gasteiger partial charge on any atom is 0.150 e. The second kappa shape index (κ2) is 4.48. The first-order chi connectivity index (χ1) is 8.48. The summed E-state index contributed by atoms with van der Waals surface area (Å²) < 4.78 is 23.4. The molecule has 0 heterocycles. The fourth-order valence-corrected chi connectivity index (χ4v) is 5.87. The molecule has 3 fully saturated rings. The fourth-order valence-electron chi connectivity index (χ4n) is 4.68. The van der Waals surface area contributed by atoms with E-state index in [0.717, 1.165) is 43.4 Å². The van der Waals surface area contributed by atoms with E-state index >= 15 is 0 Å². The Kier molecular flexibility index (Phi) is 3.22. The lowest BCUT2D eigenvalue weighted by Crippen LogP contribution is -2.39. The summed E-state index contributed by atoms with van der Waals surface area (Å²) in [4.78, 5) is 0. The predicted molar refractivity (Wildman–Crippen MR) is 72.9 cm³/mol. The molecule has 0 aromatic heterocycles. The zero-order valence-electron chi connectivity index (χ0n) is 11.2. The van der Waals surface area contributed by atoms with Crippen LogP contribution in [0.25, 0.3) is 0 Å². The van der Waals surface area contributed by atoms with Crippen molar-refractivity contribution in [3.8, 4) is 0 Å². The SMILES string of the molecule is CS(=O)(=O)C1CCCC(C(N)C2C3CCCC32)C1. The van der Waals surface area contributed by atoms with Gasteiger partial charge < -0.3 is 5.73 Å². The third-order valence-corrected chi connectivity index (χ3v) is 7.37. The molecule has 0 amide bonds. The van der Waals surface area contributed by atoms with Gasteiger partial charge in [0.15, 0.2) is 0 Å². The van der Waals surface area contributed by atoms with E-state index in [1.165, 1.54) is 25.5 Å². The first-order valence-corrected chi connectivity index (χ1v) is 9.38. The van der Waals surface area contributed by atoms with Gasteiger partial charge in [-0.2, -0.15) is 0 Å². The molecule has 0 saturated heterocycles. The maximum atomic E-state index is 11.7. The van der Waals surface area contributed by atoms with E-state index in [9.17, 15) is 8.42 Å². The Balaban J connectivity index is 1.62. The van der Waals surface area contributed by atoms with Gasteiger partial charge in [0.2, 0.25) is 0 Å². The molecule has 0 aromatic carbocycles. The van der Waals surface area contributed by atoms with E-state index in [2.05, 4.69) is 0 Å². The summed E-state index contributed by atoms with van der Waals surface area (Å²) in [5, 5.41) is -0.124. The second-order valence-electron chi connectivity index (χ2n) is 6.79. The number of rotatable bonds is 3. The molecule has 104 valence electrons. The summed E-state index contributed by atoms with van der Waals surface area (Å²) in [6, 6.07) is 0.268. The molecule has 3 rings (SSSR count). The van der Waals surface area contributed by atoms with Crippen LogP contribution in [-0.4, -0.2) is 26.0 Å². The lowest BCUT2D eigenvalue weighted by molar-refractivity contribution is 0.270. The predicted octanol–water partition coefficient (Wildman–Crippen LogP) is 1.96. The molecule has 3 nitrogen and oxygen atoms in total. The van der Waals surface area contributed by atoms with Crippen LogP contribution < -0.4 is 5.73 Å². The van der Waals surface area contributed by atoms with Gasteiger partial charge in [0.25, 0.3) is 0 Å². The highest BCUT2D eigenvalue weighted by Gasteiger charge is 2.56. The van der Waals surface area contributed by atoms with Crippen molar-refractivity contribution < 1.29 is 8.42 Å². The highest BCUT2D eigenvalue weighted by molar-refractivity contribution is 7.91. The largest absolute Gasteiger partial charge is 0.327 e. The van der Waals surface area contributed by atoms with Crippen LogP contribution in [0.4, 0.5) is 0 Å². The average molecular weight is 271 g/mol. The molecule has 4 heteroatoms. The van der Waals surface area contributed by atoms with Crippen molar-refractivity contribution in [1.82, 2.24) is 0 Å². The van der Waals surface area contributed by atoms with Crippen LogP contribution in [0.5, 0.6) is 0 Å². The standard InChI is InChI=1S/C14H25NO2S/c1-18(16,17)10-5-2-4-9(8-10)14(15)13-11-6-3-7-12(11)13/h9-14H,2-8,15H2,1H3. The summed E-state index contributed by atoms with van der Waals surface area (Å²) in [5.74, 6) is 2.95. The average Bonchev–Trinajstić information content (AvgIpc) is 2.80. The molecule has 3 aliphatic rings. The van der Waals surface area contributed by atoms with Crippen molar-refractivity contribution in [3.63, 3.8) is 0 Å². The maximum absolute atomic E-state index is 11.7. The minimum absolute atomic E-state index is 0.124. The molecule has 3 saturated carbocycles. The van der Waals surface area contributed by atoms with Gasteiger partial charge in [-0.25, -0.2) is 8.42 Å². The molecule has 0 spiro atoms. The molecule has 0 radical (unpaired) electrons. The van der Waals surface area contributed by atoms with E-state index in [4.69, 9.17) is 5.73 Å². The minimum atomic E-state index is -2.87.